The first kappa shape index (κ1) is 146. The number of hydrogen-bond acceptors (Lipinski definition) is 4. The second kappa shape index (κ2) is 78.1. The molecule has 0 radical (unpaired) electrons. The number of carbonyl (C=O) groups excluding carboxylic acids is 2. The predicted molar refractivity (Wildman–Crippen MR) is 583 cm³/mol. The highest BCUT2D eigenvalue weighted by atomic mass is 32.2. The second-order valence-corrected chi connectivity index (χ2v) is 50.5. The maximum absolute atomic E-state index is 12.9. The van der Waals surface area contributed by atoms with Gasteiger partial charge in [-0.05, 0) is 245 Å². The molecule has 0 bridgehead atoms. The predicted octanol–water partition coefficient (Wildman–Crippen LogP) is 42.0. The minimum atomic E-state index is -4.06. The van der Waals surface area contributed by atoms with Crippen molar-refractivity contribution < 1.29 is 32.1 Å². The zero-order chi connectivity index (χ0) is 103. The van der Waals surface area contributed by atoms with Crippen LogP contribution in [-0.4, -0.2) is 51.5 Å². The average Bonchev–Trinajstić information content (AvgIpc) is 0.791. The van der Waals surface area contributed by atoms with Crippen molar-refractivity contribution in [1.82, 2.24) is 0 Å². The molecule has 1 unspecified atom stereocenters. The Bertz CT molecular complexity index is 2460. The molecule has 0 aliphatic rings. The van der Waals surface area contributed by atoms with E-state index in [1.165, 1.54) is 186 Å². The summed E-state index contributed by atoms with van der Waals surface area (Å²) in [5, 5.41) is 9.26. The summed E-state index contributed by atoms with van der Waals surface area (Å²) in [6.45, 7) is 113. The first-order valence-electron chi connectivity index (χ1n) is 54.9. The van der Waals surface area contributed by atoms with Crippen molar-refractivity contribution in [3.63, 3.8) is 0 Å². The first-order valence-corrected chi connectivity index (χ1v) is 57.2. The normalized spacial score (nSPS) is 15.8. The van der Waals surface area contributed by atoms with E-state index in [4.69, 9.17) is 0 Å². The van der Waals surface area contributed by atoms with Gasteiger partial charge in [0.1, 0.15) is 11.6 Å². The summed E-state index contributed by atoms with van der Waals surface area (Å²) in [5.41, 5.74) is 2.58. The lowest BCUT2D eigenvalue weighted by Crippen LogP contribution is -2.42. The Hall–Kier alpha value is -0.890. The van der Waals surface area contributed by atoms with Gasteiger partial charge >= 0.3 is 6.18 Å². The minimum absolute atomic E-state index is 0.148. The number of aliphatic hydroxyl groups is 1. The van der Waals surface area contributed by atoms with Gasteiger partial charge in [0, 0.05) is 31.5 Å². The Morgan fingerprint density at radius 2 is 0.480 bits per heavy atom. The number of unbranched alkanes of at least 4 members (excludes halogenated alkanes) is 11. The summed E-state index contributed by atoms with van der Waals surface area (Å²) in [6.07, 6.45) is 43.8. The van der Waals surface area contributed by atoms with Crippen LogP contribution in [0.1, 0.15) is 597 Å². The molecule has 0 aromatic heterocycles. The maximum Gasteiger partial charge on any atom is 0.394 e. The number of carbonyl (C=O) groups is 2. The van der Waals surface area contributed by atoms with Crippen LogP contribution in [0.4, 0.5) is 13.2 Å². The number of rotatable bonds is 57. The molecule has 0 aromatic rings. The van der Waals surface area contributed by atoms with Crippen LogP contribution in [-0.2, 0) is 19.1 Å². The Morgan fingerprint density at radius 3 is 0.654 bits per heavy atom. The third kappa shape index (κ3) is 67.1. The topological polar surface area (TPSA) is 71.4 Å². The van der Waals surface area contributed by atoms with Crippen molar-refractivity contribution in [1.29, 1.82) is 0 Å². The molecule has 778 valence electrons. The molecule has 0 heterocycles. The molecule has 0 aliphatic heterocycles. The molecule has 0 fully saturated rings. The van der Waals surface area contributed by atoms with E-state index in [0.29, 0.717) is 91.6 Å². The number of alkyl halides is 3. The third-order valence-electron chi connectivity index (χ3n) is 34.8. The van der Waals surface area contributed by atoms with Gasteiger partial charge in [0.15, 0.2) is 0 Å². The molecule has 8 atom stereocenters. The number of aliphatic hydroxyl groups excluding tert-OH is 1. The lowest BCUT2D eigenvalue weighted by Gasteiger charge is -2.38. The van der Waals surface area contributed by atoms with Gasteiger partial charge in [0.25, 0.3) is 0 Å². The summed E-state index contributed by atoms with van der Waals surface area (Å²) in [7, 11) is -1.82. The summed E-state index contributed by atoms with van der Waals surface area (Å²) in [5.74, 6) is 13.9. The largest absolute Gasteiger partial charge is 0.396 e. The van der Waals surface area contributed by atoms with Crippen LogP contribution >= 0.6 is 0 Å². The quantitative estimate of drug-likeness (QED) is 0.0487. The fourth-order valence-electron chi connectivity index (χ4n) is 17.1. The Balaban J connectivity index is -0.000000150. The number of hydrogen-bond donors (Lipinski definition) is 1. The van der Waals surface area contributed by atoms with Crippen molar-refractivity contribution in [3.05, 3.63) is 0 Å². The van der Waals surface area contributed by atoms with Crippen molar-refractivity contribution in [2.75, 3.05) is 18.6 Å². The molecule has 0 rings (SSSR count). The lowest BCUT2D eigenvalue weighted by atomic mass is 9.67. The smallest absolute Gasteiger partial charge is 0.394 e. The SMILES string of the molecule is C=S(C)(=O)CC[C@@](C)(CCCC)C(C)C.CCCCC(C)(C(C)C)C(C)C.CCCCC(C)(C(C)C)C(C)C.CCCCC(C)(C(C)C)C(C)C.CCCCC[C@@](C)(CCC(C)=O)C(C)C.CCCCC[C@@](C)(CO)C(C)C.CCCC[C@@](C)(CC)C(C)C.CCCC[C@@](C)(CCC(C)=O)C(C)C.CCCC[C@@](CC)(C(C)C)C(F)(F)F.CCC[C@@](C)(CC)C(C)C. The van der Waals surface area contributed by atoms with Crippen LogP contribution in [0.5, 0.6) is 0 Å². The van der Waals surface area contributed by atoms with E-state index < -0.39 is 21.1 Å². The van der Waals surface area contributed by atoms with Crippen LogP contribution in [0.15, 0.2) is 0 Å². The zero-order valence-electron chi connectivity index (χ0n) is 97.9. The van der Waals surface area contributed by atoms with Gasteiger partial charge in [-0.1, -0.05) is 480 Å². The van der Waals surface area contributed by atoms with E-state index in [9.17, 15) is 32.1 Å². The van der Waals surface area contributed by atoms with Gasteiger partial charge in [-0.15, -0.1) is 0 Å². The van der Waals surface area contributed by atoms with E-state index in [1.807, 2.05) is 6.92 Å². The van der Waals surface area contributed by atoms with E-state index in [-0.39, 0.29) is 24.2 Å². The molecule has 1 N–H and O–H groups in total. The maximum atomic E-state index is 12.9. The van der Waals surface area contributed by atoms with Gasteiger partial charge < -0.3 is 14.7 Å². The van der Waals surface area contributed by atoms with Crippen LogP contribution in [0.3, 0.4) is 0 Å². The van der Waals surface area contributed by atoms with Crippen LogP contribution in [0.2, 0.25) is 0 Å². The Morgan fingerprint density at radius 1 is 0.268 bits per heavy atom. The summed E-state index contributed by atoms with van der Waals surface area (Å²) >= 11 is 0. The number of ketones is 2. The van der Waals surface area contributed by atoms with Gasteiger partial charge in [-0.3, -0.25) is 4.21 Å². The molecule has 0 spiro atoms. The van der Waals surface area contributed by atoms with Crippen LogP contribution in [0.25, 0.3) is 0 Å². The van der Waals surface area contributed by atoms with Gasteiger partial charge in [0.2, 0.25) is 0 Å². The van der Waals surface area contributed by atoms with Crippen LogP contribution < -0.4 is 0 Å². The van der Waals surface area contributed by atoms with Crippen molar-refractivity contribution in [2.24, 2.45) is 131 Å². The number of halogens is 3. The van der Waals surface area contributed by atoms with Gasteiger partial charge in [-0.2, -0.15) is 13.2 Å². The summed E-state index contributed by atoms with van der Waals surface area (Å²) in [4.78, 5) is 22.0. The van der Waals surface area contributed by atoms with E-state index in [0.717, 1.165) is 98.0 Å². The Kier molecular flexibility index (Phi) is 90.0. The average molecular weight is 1840 g/mol. The molecular formula is C119H251F3O4S. The third-order valence-corrected chi connectivity index (χ3v) is 35.8. The summed E-state index contributed by atoms with van der Waals surface area (Å²) < 4.78 is 50.5. The highest BCUT2D eigenvalue weighted by molar-refractivity contribution is 7.99. The molecule has 8 heteroatoms. The monoisotopic (exact) mass is 1830 g/mol. The first-order chi connectivity index (χ1) is 57.9. The molecule has 4 nitrogen and oxygen atoms in total. The van der Waals surface area contributed by atoms with E-state index >= 15 is 0 Å². The van der Waals surface area contributed by atoms with Crippen molar-refractivity contribution in [3.8, 4) is 0 Å². The van der Waals surface area contributed by atoms with E-state index in [1.54, 1.807) is 40.9 Å². The van der Waals surface area contributed by atoms with Crippen molar-refractivity contribution in [2.45, 2.75) is 603 Å². The second-order valence-electron chi connectivity index (χ2n) is 47.8. The molecule has 0 aromatic carbocycles. The molecule has 0 amide bonds. The lowest BCUT2D eigenvalue weighted by molar-refractivity contribution is -0.244. The van der Waals surface area contributed by atoms with Gasteiger partial charge in [-0.25, -0.2) is 0 Å². The fourth-order valence-corrected chi connectivity index (χ4v) is 18.0. The molecular weight excluding hydrogens is 1580 g/mol. The molecule has 0 saturated heterocycles. The molecule has 127 heavy (non-hydrogen) atoms. The Labute approximate surface area is 806 Å². The van der Waals surface area contributed by atoms with Gasteiger partial charge in [0.05, 0.1) is 5.41 Å². The summed E-state index contributed by atoms with van der Waals surface area (Å²) in [6, 6.07) is 0. The molecule has 0 saturated carbocycles. The fraction of sp³-hybridized carbons (Fsp3) is 0.975. The van der Waals surface area contributed by atoms with Crippen molar-refractivity contribution >= 4 is 27.0 Å². The highest BCUT2D eigenvalue weighted by Crippen LogP contribution is 2.51. The van der Waals surface area contributed by atoms with E-state index in [2.05, 4.69) is 311 Å². The standard InChI is InChI=1S/C14H28O.C13H28OS.C13H26O.3C12H26.C11H21F3.C11H24O.C11H24.C10H22/c1-6-7-8-10-14(5,12(2)3)11-9-13(4)15;1-7-8-9-13(4,12(2)3)10-11-15(5,6)14;1-6-7-9-13(5,11(2)3)10-8-12(4)14;3*1-7-8-9-12(6,10(2)3)11(4)5;1-5-7-8-10(6-2,9(3)4)11(12,13)14;1-5-6-7-8-11(4,9-12)10(2)3;1-6-8-9-11(5,7-2)10(3)4;1-6-8-10(5,7-2)9(3)4/h12H,6-11H2,1-5H3;12H,5,7-11H2,1-4,6H3;11H,6-10H2,1-5H3;3*10-11H,7-9H2,1-6H3;9H,5-8H2,1-4H3;10,12H,5-9H2,1-4H3;10H,6-9H2,1-5H3;9H,6-8H2,1-5H3/t14-;13-,15?;13-;;;;10-;2*11-;10-/m010...0011/s1. The molecule has 0 aliphatic carbocycles. The number of Topliss-reactive ketones (excluding diaryl/α,β-unsaturated/α-hetero) is 2. The zero-order valence-corrected chi connectivity index (χ0v) is 98.7. The highest BCUT2D eigenvalue weighted by Gasteiger charge is 2.54. The van der Waals surface area contributed by atoms with Crippen LogP contribution in [0, 0.1) is 131 Å². The minimum Gasteiger partial charge on any atom is -0.396 e.